The molecule has 1 heterocycles. The van der Waals surface area contributed by atoms with Gasteiger partial charge in [-0.25, -0.2) is 0 Å². The molecule has 5 nitrogen and oxygen atoms in total. The summed E-state index contributed by atoms with van der Waals surface area (Å²) in [5.41, 5.74) is 0. The van der Waals surface area contributed by atoms with Gasteiger partial charge in [0.2, 0.25) is 0 Å². The van der Waals surface area contributed by atoms with E-state index >= 15 is 0 Å². The summed E-state index contributed by atoms with van der Waals surface area (Å²) in [6.45, 7) is 3.44. The second-order valence-corrected chi connectivity index (χ2v) is 3.53. The van der Waals surface area contributed by atoms with Crippen molar-refractivity contribution < 1.29 is 5.11 Å². The van der Waals surface area contributed by atoms with Crippen LogP contribution in [0.2, 0.25) is 0 Å². The number of aromatic nitrogens is 3. The smallest absolute Gasteiger partial charge is 0.146 e. The summed E-state index contributed by atoms with van der Waals surface area (Å²) < 4.78 is 1.89. The molecule has 1 unspecified atom stereocenters. The van der Waals surface area contributed by atoms with Crippen LogP contribution in [-0.2, 0) is 13.6 Å². The van der Waals surface area contributed by atoms with Gasteiger partial charge in [0.1, 0.15) is 12.2 Å². The quantitative estimate of drug-likeness (QED) is 0.635. The third-order valence-corrected chi connectivity index (χ3v) is 2.06. The molecule has 1 atom stereocenters. The molecular formula is C9H18N4O. The molecule has 0 aliphatic carbocycles. The fraction of sp³-hybridized carbons (Fsp3) is 0.778. The molecule has 0 saturated heterocycles. The standard InChI is InChI=1S/C9H18N4O/c1-8(14)4-3-5-10-6-9-12-11-7-13(9)2/h7-8,10,14H,3-6H2,1-2H3. The molecule has 0 bridgehead atoms. The van der Waals surface area contributed by atoms with Crippen molar-refractivity contribution in [2.75, 3.05) is 6.54 Å². The topological polar surface area (TPSA) is 63.0 Å². The summed E-state index contributed by atoms with van der Waals surface area (Å²) >= 11 is 0. The number of aryl methyl sites for hydroxylation is 1. The Hall–Kier alpha value is -0.940. The van der Waals surface area contributed by atoms with Gasteiger partial charge >= 0.3 is 0 Å². The van der Waals surface area contributed by atoms with Crippen LogP contribution >= 0.6 is 0 Å². The second kappa shape index (κ2) is 5.72. The van der Waals surface area contributed by atoms with Gasteiger partial charge < -0.3 is 15.0 Å². The van der Waals surface area contributed by atoms with E-state index in [4.69, 9.17) is 5.11 Å². The van der Waals surface area contributed by atoms with Crippen molar-refractivity contribution in [1.82, 2.24) is 20.1 Å². The lowest BCUT2D eigenvalue weighted by atomic mass is 10.2. The monoisotopic (exact) mass is 198 g/mol. The SMILES string of the molecule is CC(O)CCCNCc1nncn1C. The lowest BCUT2D eigenvalue weighted by molar-refractivity contribution is 0.181. The zero-order chi connectivity index (χ0) is 10.4. The van der Waals surface area contributed by atoms with E-state index in [2.05, 4.69) is 15.5 Å². The first-order valence-electron chi connectivity index (χ1n) is 4.92. The molecule has 0 spiro atoms. The van der Waals surface area contributed by atoms with E-state index in [1.807, 2.05) is 18.5 Å². The minimum Gasteiger partial charge on any atom is -0.393 e. The van der Waals surface area contributed by atoms with E-state index in [1.165, 1.54) is 0 Å². The number of nitrogens with zero attached hydrogens (tertiary/aromatic N) is 3. The number of hydrogen-bond acceptors (Lipinski definition) is 4. The van der Waals surface area contributed by atoms with Gasteiger partial charge in [0, 0.05) is 7.05 Å². The summed E-state index contributed by atoms with van der Waals surface area (Å²) in [5, 5.41) is 20.0. The summed E-state index contributed by atoms with van der Waals surface area (Å²) in [6, 6.07) is 0. The molecule has 2 N–H and O–H groups in total. The minimum absolute atomic E-state index is 0.202. The Labute approximate surface area is 84.2 Å². The minimum atomic E-state index is -0.202. The van der Waals surface area contributed by atoms with Gasteiger partial charge in [-0.2, -0.15) is 0 Å². The molecule has 0 aliphatic heterocycles. The van der Waals surface area contributed by atoms with Gasteiger partial charge in [-0.3, -0.25) is 0 Å². The highest BCUT2D eigenvalue weighted by atomic mass is 16.3. The first kappa shape index (κ1) is 11.1. The average Bonchev–Trinajstić information content (AvgIpc) is 2.51. The van der Waals surface area contributed by atoms with E-state index in [0.717, 1.165) is 31.8 Å². The van der Waals surface area contributed by atoms with Crippen LogP contribution in [-0.4, -0.2) is 32.5 Å². The maximum absolute atomic E-state index is 9.03. The maximum atomic E-state index is 9.03. The zero-order valence-corrected chi connectivity index (χ0v) is 8.77. The molecule has 14 heavy (non-hydrogen) atoms. The molecular weight excluding hydrogens is 180 g/mol. The van der Waals surface area contributed by atoms with E-state index in [1.54, 1.807) is 6.33 Å². The third-order valence-electron chi connectivity index (χ3n) is 2.06. The van der Waals surface area contributed by atoms with Gasteiger partial charge in [0.05, 0.1) is 12.6 Å². The molecule has 1 rings (SSSR count). The molecule has 80 valence electrons. The molecule has 0 saturated carbocycles. The molecule has 0 radical (unpaired) electrons. The molecule has 0 aliphatic rings. The van der Waals surface area contributed by atoms with Gasteiger partial charge in [-0.1, -0.05) is 0 Å². The van der Waals surface area contributed by atoms with Crippen molar-refractivity contribution in [2.45, 2.75) is 32.4 Å². The van der Waals surface area contributed by atoms with Gasteiger partial charge in [-0.05, 0) is 26.3 Å². The fourth-order valence-electron chi connectivity index (χ4n) is 1.19. The number of rotatable bonds is 6. The number of aliphatic hydroxyl groups is 1. The first-order valence-corrected chi connectivity index (χ1v) is 4.92. The highest BCUT2D eigenvalue weighted by Crippen LogP contribution is 1.95. The number of aliphatic hydroxyl groups excluding tert-OH is 1. The van der Waals surface area contributed by atoms with Crippen LogP contribution in [0.4, 0.5) is 0 Å². The van der Waals surface area contributed by atoms with Crippen LogP contribution in [0, 0.1) is 0 Å². The Balaban J connectivity index is 2.08. The number of hydrogen-bond donors (Lipinski definition) is 2. The zero-order valence-electron chi connectivity index (χ0n) is 8.77. The van der Waals surface area contributed by atoms with E-state index in [-0.39, 0.29) is 6.10 Å². The van der Waals surface area contributed by atoms with Gasteiger partial charge in [0.15, 0.2) is 0 Å². The second-order valence-electron chi connectivity index (χ2n) is 3.53. The van der Waals surface area contributed by atoms with Crippen LogP contribution < -0.4 is 5.32 Å². The predicted octanol–water partition coefficient (Wildman–Crippen LogP) is 0.0657. The highest BCUT2D eigenvalue weighted by molar-refractivity contribution is 4.82. The Kier molecular flexibility index (Phi) is 4.55. The Bertz CT molecular complexity index is 259. The lowest BCUT2D eigenvalue weighted by Crippen LogP contribution is -2.18. The van der Waals surface area contributed by atoms with Crippen LogP contribution in [0.1, 0.15) is 25.6 Å². The summed E-state index contributed by atoms with van der Waals surface area (Å²) in [7, 11) is 1.92. The third kappa shape index (κ3) is 3.85. The van der Waals surface area contributed by atoms with E-state index < -0.39 is 0 Å². The predicted molar refractivity (Wildman–Crippen MR) is 53.6 cm³/mol. The first-order chi connectivity index (χ1) is 6.70. The van der Waals surface area contributed by atoms with E-state index in [0.29, 0.717) is 0 Å². The Morgan fingerprint density at radius 1 is 1.64 bits per heavy atom. The number of nitrogens with one attached hydrogen (secondary N) is 1. The highest BCUT2D eigenvalue weighted by Gasteiger charge is 1.99. The summed E-state index contributed by atoms with van der Waals surface area (Å²) in [6.07, 6.45) is 3.31. The molecule has 1 aromatic heterocycles. The van der Waals surface area contributed by atoms with Crippen LogP contribution in [0.25, 0.3) is 0 Å². The Morgan fingerprint density at radius 2 is 2.43 bits per heavy atom. The normalized spacial score (nSPS) is 13.1. The van der Waals surface area contributed by atoms with Crippen molar-refractivity contribution in [3.8, 4) is 0 Å². The summed E-state index contributed by atoms with van der Waals surface area (Å²) in [4.78, 5) is 0. The van der Waals surface area contributed by atoms with Gasteiger partial charge in [0.25, 0.3) is 0 Å². The van der Waals surface area contributed by atoms with Crippen LogP contribution in [0.5, 0.6) is 0 Å². The van der Waals surface area contributed by atoms with Gasteiger partial charge in [-0.15, -0.1) is 10.2 Å². The van der Waals surface area contributed by atoms with Crippen LogP contribution in [0.3, 0.4) is 0 Å². The maximum Gasteiger partial charge on any atom is 0.146 e. The lowest BCUT2D eigenvalue weighted by Gasteiger charge is -2.05. The fourth-order valence-corrected chi connectivity index (χ4v) is 1.19. The summed E-state index contributed by atoms with van der Waals surface area (Å²) in [5.74, 6) is 0.932. The van der Waals surface area contributed by atoms with Crippen molar-refractivity contribution in [3.63, 3.8) is 0 Å². The van der Waals surface area contributed by atoms with Crippen molar-refractivity contribution in [2.24, 2.45) is 7.05 Å². The average molecular weight is 198 g/mol. The molecule has 0 fully saturated rings. The molecule has 0 amide bonds. The molecule has 5 heteroatoms. The van der Waals surface area contributed by atoms with Crippen molar-refractivity contribution in [3.05, 3.63) is 12.2 Å². The largest absolute Gasteiger partial charge is 0.393 e. The van der Waals surface area contributed by atoms with Crippen molar-refractivity contribution in [1.29, 1.82) is 0 Å². The molecule has 0 aromatic carbocycles. The van der Waals surface area contributed by atoms with Crippen LogP contribution in [0.15, 0.2) is 6.33 Å². The Morgan fingerprint density at radius 3 is 3.00 bits per heavy atom. The van der Waals surface area contributed by atoms with E-state index in [9.17, 15) is 0 Å². The van der Waals surface area contributed by atoms with Crippen molar-refractivity contribution >= 4 is 0 Å². The molecule has 1 aromatic rings.